The van der Waals surface area contributed by atoms with E-state index in [9.17, 15) is 5.11 Å². The minimum absolute atomic E-state index is 0.241. The molecule has 0 spiro atoms. The first-order valence-electron chi connectivity index (χ1n) is 9.62. The number of rotatable bonds is 4. The zero-order valence-corrected chi connectivity index (χ0v) is 16.3. The van der Waals surface area contributed by atoms with Crippen molar-refractivity contribution in [2.45, 2.75) is 71.1 Å². The number of nitrogens with one attached hydrogen (secondary N) is 1. The van der Waals surface area contributed by atoms with Crippen molar-refractivity contribution in [3.05, 3.63) is 12.2 Å². The van der Waals surface area contributed by atoms with Crippen LogP contribution in [-0.2, 0) is 6.54 Å². The number of anilines is 1. The number of hydrogen-bond acceptors (Lipinski definition) is 5. The first kappa shape index (κ1) is 19.2. The summed E-state index contributed by atoms with van der Waals surface area (Å²) in [7, 11) is 0. The van der Waals surface area contributed by atoms with Gasteiger partial charge in [0, 0.05) is 6.04 Å². The van der Waals surface area contributed by atoms with Crippen LogP contribution < -0.4 is 5.32 Å². The lowest BCUT2D eigenvalue weighted by Gasteiger charge is -2.30. The zero-order chi connectivity index (χ0) is 19.4. The number of aromatic nitrogens is 4. The lowest BCUT2D eigenvalue weighted by Crippen LogP contribution is -2.32. The molecule has 27 heavy (non-hydrogen) atoms. The van der Waals surface area contributed by atoms with Crippen molar-refractivity contribution >= 4 is 17.0 Å². The van der Waals surface area contributed by atoms with Crippen molar-refractivity contribution in [3.8, 4) is 24.2 Å². The predicted molar refractivity (Wildman–Crippen MR) is 107 cm³/mol. The summed E-state index contributed by atoms with van der Waals surface area (Å²) in [5, 5.41) is 14.2. The average molecular weight is 365 g/mol. The molecular formula is C21H27N5O. The Bertz CT molecular complexity index is 916. The van der Waals surface area contributed by atoms with E-state index < -0.39 is 5.60 Å². The molecule has 2 unspecified atom stereocenters. The Hall–Kier alpha value is -2.57. The molecule has 2 heterocycles. The second-order valence-electron chi connectivity index (χ2n) is 7.58. The van der Waals surface area contributed by atoms with E-state index in [1.54, 1.807) is 10.9 Å². The molecule has 0 bridgehead atoms. The van der Waals surface area contributed by atoms with Crippen LogP contribution in [0, 0.1) is 30.1 Å². The summed E-state index contributed by atoms with van der Waals surface area (Å²) in [6, 6.07) is 0.241. The van der Waals surface area contributed by atoms with Gasteiger partial charge in [-0.1, -0.05) is 32.1 Å². The van der Waals surface area contributed by atoms with Gasteiger partial charge >= 0.3 is 0 Å². The summed E-state index contributed by atoms with van der Waals surface area (Å²) in [5.41, 5.74) is 0.377. The van der Waals surface area contributed by atoms with Crippen molar-refractivity contribution in [1.82, 2.24) is 19.5 Å². The van der Waals surface area contributed by atoms with Gasteiger partial charge in [-0.25, -0.2) is 15.0 Å². The quantitative estimate of drug-likeness (QED) is 0.815. The van der Waals surface area contributed by atoms with E-state index in [-0.39, 0.29) is 6.04 Å². The molecule has 1 saturated carbocycles. The summed E-state index contributed by atoms with van der Waals surface area (Å²) in [6.07, 6.45) is 11.6. The smallest absolute Gasteiger partial charge is 0.209 e. The Labute approximate surface area is 160 Å². The van der Waals surface area contributed by atoms with Crippen molar-refractivity contribution in [3.63, 3.8) is 0 Å². The van der Waals surface area contributed by atoms with Crippen molar-refractivity contribution in [2.75, 3.05) is 5.32 Å². The fourth-order valence-electron chi connectivity index (χ4n) is 3.46. The normalized spacial score (nSPS) is 23.3. The summed E-state index contributed by atoms with van der Waals surface area (Å²) < 4.78 is 1.81. The van der Waals surface area contributed by atoms with Crippen LogP contribution in [0.1, 0.15) is 58.7 Å². The van der Waals surface area contributed by atoms with Gasteiger partial charge < -0.3 is 15.0 Å². The van der Waals surface area contributed by atoms with Crippen LogP contribution in [0.3, 0.4) is 0 Å². The molecule has 0 amide bonds. The molecule has 3 atom stereocenters. The molecule has 1 aliphatic rings. The van der Waals surface area contributed by atoms with Gasteiger partial charge in [0.1, 0.15) is 5.60 Å². The van der Waals surface area contributed by atoms with Crippen LogP contribution in [0.25, 0.3) is 11.2 Å². The maximum absolute atomic E-state index is 10.8. The highest BCUT2D eigenvalue weighted by molar-refractivity contribution is 5.83. The van der Waals surface area contributed by atoms with E-state index in [0.29, 0.717) is 48.1 Å². The summed E-state index contributed by atoms with van der Waals surface area (Å²) in [4.78, 5) is 13.5. The Morgan fingerprint density at radius 3 is 3.00 bits per heavy atom. The van der Waals surface area contributed by atoms with Crippen LogP contribution >= 0.6 is 0 Å². The average Bonchev–Trinajstić information content (AvgIpc) is 3.03. The largest absolute Gasteiger partial charge is 0.378 e. The fourth-order valence-corrected chi connectivity index (χ4v) is 3.46. The van der Waals surface area contributed by atoms with E-state index in [1.807, 2.05) is 0 Å². The molecule has 0 saturated heterocycles. The minimum atomic E-state index is -0.959. The predicted octanol–water partition coefficient (Wildman–Crippen LogP) is 2.96. The Balaban J connectivity index is 2.01. The molecule has 142 valence electrons. The van der Waals surface area contributed by atoms with Crippen molar-refractivity contribution in [1.29, 1.82) is 0 Å². The van der Waals surface area contributed by atoms with Gasteiger partial charge in [0.05, 0.1) is 12.9 Å². The van der Waals surface area contributed by atoms with E-state index in [0.717, 1.165) is 19.3 Å². The van der Waals surface area contributed by atoms with Gasteiger partial charge in [-0.3, -0.25) is 0 Å². The molecule has 6 heteroatoms. The van der Waals surface area contributed by atoms with Crippen molar-refractivity contribution < 1.29 is 5.11 Å². The second-order valence-corrected chi connectivity index (χ2v) is 7.58. The topological polar surface area (TPSA) is 75.9 Å². The summed E-state index contributed by atoms with van der Waals surface area (Å²) in [6.45, 7) is 6.73. The van der Waals surface area contributed by atoms with E-state index in [1.165, 1.54) is 0 Å². The maximum atomic E-state index is 10.8. The van der Waals surface area contributed by atoms with Gasteiger partial charge in [-0.15, -0.1) is 6.42 Å². The molecule has 2 N–H and O–H groups in total. The summed E-state index contributed by atoms with van der Waals surface area (Å²) >= 11 is 0. The molecule has 0 radical (unpaired) electrons. The fraction of sp³-hybridized carbons (Fsp3) is 0.571. The molecule has 2 aromatic heterocycles. The monoisotopic (exact) mass is 365 g/mol. The van der Waals surface area contributed by atoms with Crippen molar-refractivity contribution in [2.24, 2.45) is 5.92 Å². The standard InChI is InChI=1S/C21H27N5O/c1-5-12-26-14-22-18-19(23-16(4)6-2)24-17(25-20(18)26)9-11-21(27)10-7-8-15(3)13-21/h1,14-16,27H,6-8,10,12-13H2,2-4H3,(H,23,24,25)/t15?,16-,21?/m0/s1. The molecule has 0 aliphatic heterocycles. The third-order valence-corrected chi connectivity index (χ3v) is 5.10. The van der Waals surface area contributed by atoms with Gasteiger partial charge in [0.25, 0.3) is 0 Å². The maximum Gasteiger partial charge on any atom is 0.209 e. The SMILES string of the molecule is C#CCn1cnc2c(N[C@@H](C)CC)nc(C#CC3(O)CCCC(C)C3)nc21. The number of fused-ring (bicyclic) bond motifs is 1. The first-order valence-corrected chi connectivity index (χ1v) is 9.62. The molecule has 2 aromatic rings. The van der Waals surface area contributed by atoms with Gasteiger partial charge in [-0.2, -0.15) is 0 Å². The van der Waals surface area contributed by atoms with Gasteiger partial charge in [0.15, 0.2) is 17.0 Å². The van der Waals surface area contributed by atoms with Crippen LogP contribution in [0.4, 0.5) is 5.82 Å². The molecule has 3 rings (SSSR count). The Kier molecular flexibility index (Phi) is 5.68. The van der Waals surface area contributed by atoms with Gasteiger partial charge in [0.2, 0.25) is 5.82 Å². The number of aliphatic hydroxyl groups is 1. The van der Waals surface area contributed by atoms with Crippen LogP contribution in [0.15, 0.2) is 6.33 Å². The highest BCUT2D eigenvalue weighted by Gasteiger charge is 2.30. The molecule has 1 aliphatic carbocycles. The van der Waals surface area contributed by atoms with E-state index in [2.05, 4.69) is 58.8 Å². The molecular weight excluding hydrogens is 338 g/mol. The molecule has 1 fully saturated rings. The first-order chi connectivity index (χ1) is 12.9. The third-order valence-electron chi connectivity index (χ3n) is 5.10. The zero-order valence-electron chi connectivity index (χ0n) is 16.3. The number of hydrogen-bond donors (Lipinski definition) is 2. The van der Waals surface area contributed by atoms with Gasteiger partial charge in [-0.05, 0) is 44.4 Å². The number of terminal acetylenes is 1. The van der Waals surface area contributed by atoms with Crippen LogP contribution in [0.5, 0.6) is 0 Å². The number of nitrogens with zero attached hydrogens (tertiary/aromatic N) is 4. The minimum Gasteiger partial charge on any atom is -0.378 e. The Morgan fingerprint density at radius 1 is 1.48 bits per heavy atom. The summed E-state index contributed by atoms with van der Waals surface area (Å²) in [5.74, 6) is 10.1. The lowest BCUT2D eigenvalue weighted by atomic mass is 9.79. The van der Waals surface area contributed by atoms with E-state index in [4.69, 9.17) is 6.42 Å². The van der Waals surface area contributed by atoms with Crippen LogP contribution in [0.2, 0.25) is 0 Å². The molecule has 6 nitrogen and oxygen atoms in total. The lowest BCUT2D eigenvalue weighted by molar-refractivity contribution is 0.0410. The van der Waals surface area contributed by atoms with E-state index >= 15 is 0 Å². The highest BCUT2D eigenvalue weighted by Crippen LogP contribution is 2.31. The third kappa shape index (κ3) is 4.40. The van der Waals surface area contributed by atoms with Crippen LogP contribution in [-0.4, -0.2) is 36.3 Å². The molecule has 0 aromatic carbocycles. The Morgan fingerprint density at radius 2 is 2.30 bits per heavy atom. The second kappa shape index (κ2) is 7.98. The highest BCUT2D eigenvalue weighted by atomic mass is 16.3. The number of imidazole rings is 1.